The molecule has 31 heavy (non-hydrogen) atoms. The number of rotatable bonds is 5. The number of anilines is 1. The first-order valence-corrected chi connectivity index (χ1v) is 9.20. The highest BCUT2D eigenvalue weighted by Gasteiger charge is 2.19. The number of halogens is 2. The number of aromatic nitrogens is 3. The van der Waals surface area contributed by atoms with Crippen LogP contribution in [0.25, 0.3) is 23.0 Å². The average molecular weight is 424 g/mol. The van der Waals surface area contributed by atoms with Gasteiger partial charge in [0.25, 0.3) is 5.89 Å². The molecule has 2 aromatic heterocycles. The third-order valence-electron chi connectivity index (χ3n) is 4.57. The summed E-state index contributed by atoms with van der Waals surface area (Å²) in [5.74, 6) is -0.234. The van der Waals surface area contributed by atoms with Crippen LogP contribution in [0, 0.1) is 11.6 Å². The molecular weight excluding hydrogens is 410 g/mol. The predicted molar refractivity (Wildman–Crippen MR) is 104 cm³/mol. The fourth-order valence-corrected chi connectivity index (χ4v) is 3.21. The fourth-order valence-electron chi connectivity index (χ4n) is 3.21. The molecule has 0 spiro atoms. The molecule has 3 heterocycles. The number of nitrogens with zero attached hydrogens (tertiary/aromatic N) is 3. The van der Waals surface area contributed by atoms with Crippen molar-refractivity contribution in [3.8, 4) is 34.5 Å². The Morgan fingerprint density at radius 1 is 1.06 bits per heavy atom. The van der Waals surface area contributed by atoms with Crippen molar-refractivity contribution in [3.05, 3.63) is 66.4 Å². The zero-order chi connectivity index (χ0) is 21.4. The molecule has 2 aromatic carbocycles. The van der Waals surface area contributed by atoms with Crippen molar-refractivity contribution < 1.29 is 27.6 Å². The van der Waals surface area contributed by atoms with E-state index >= 15 is 0 Å². The van der Waals surface area contributed by atoms with Crippen molar-refractivity contribution >= 4 is 11.6 Å². The summed E-state index contributed by atoms with van der Waals surface area (Å²) in [7, 11) is 0. The molecule has 5 rings (SSSR count). The van der Waals surface area contributed by atoms with Crippen LogP contribution in [0.1, 0.15) is 0 Å². The molecule has 1 aliphatic heterocycles. The van der Waals surface area contributed by atoms with Crippen molar-refractivity contribution in [2.24, 2.45) is 0 Å². The highest BCUT2D eigenvalue weighted by Crippen LogP contribution is 2.35. The number of ether oxygens (including phenoxy) is 2. The largest absolute Gasteiger partial charge is 0.454 e. The van der Waals surface area contributed by atoms with Gasteiger partial charge in [-0.1, -0.05) is 5.16 Å². The highest BCUT2D eigenvalue weighted by atomic mass is 19.1. The molecule has 1 amide bonds. The Morgan fingerprint density at radius 2 is 1.87 bits per heavy atom. The fraction of sp³-hybridized carbons (Fsp3) is 0.0952. The summed E-state index contributed by atoms with van der Waals surface area (Å²) >= 11 is 0. The second-order valence-electron chi connectivity index (χ2n) is 6.72. The Labute approximate surface area is 174 Å². The molecule has 0 saturated heterocycles. The van der Waals surface area contributed by atoms with Gasteiger partial charge in [0.05, 0.1) is 0 Å². The first-order valence-electron chi connectivity index (χ1n) is 9.20. The van der Waals surface area contributed by atoms with Gasteiger partial charge in [0, 0.05) is 23.5 Å². The molecule has 0 bridgehead atoms. The molecule has 0 aliphatic carbocycles. The summed E-state index contributed by atoms with van der Waals surface area (Å²) < 4.78 is 44.2. The van der Waals surface area contributed by atoms with Gasteiger partial charge >= 0.3 is 0 Å². The molecule has 0 radical (unpaired) electrons. The lowest BCUT2D eigenvalue weighted by Gasteiger charge is -2.08. The maximum absolute atomic E-state index is 13.3. The van der Waals surface area contributed by atoms with Crippen LogP contribution in [0.5, 0.6) is 11.5 Å². The third-order valence-corrected chi connectivity index (χ3v) is 4.57. The first kappa shape index (κ1) is 18.8. The lowest BCUT2D eigenvalue weighted by molar-refractivity contribution is -0.116. The molecule has 0 unspecified atom stereocenters. The molecule has 0 atom stereocenters. The van der Waals surface area contributed by atoms with E-state index in [0.29, 0.717) is 28.6 Å². The smallest absolute Gasteiger partial charge is 0.274 e. The molecule has 1 aliphatic rings. The molecule has 0 fully saturated rings. The molecule has 0 saturated carbocycles. The van der Waals surface area contributed by atoms with Crippen LogP contribution in [0.3, 0.4) is 0 Å². The molecule has 8 nitrogen and oxygen atoms in total. The highest BCUT2D eigenvalue weighted by molar-refractivity contribution is 5.90. The van der Waals surface area contributed by atoms with Crippen LogP contribution in [-0.2, 0) is 11.3 Å². The predicted octanol–water partition coefficient (Wildman–Crippen LogP) is 3.85. The topological polar surface area (TPSA) is 91.4 Å². The molecule has 4 aromatic rings. The Morgan fingerprint density at radius 3 is 2.71 bits per heavy atom. The summed E-state index contributed by atoms with van der Waals surface area (Å²) in [6, 6.07) is 11.5. The second kappa shape index (κ2) is 7.56. The van der Waals surface area contributed by atoms with E-state index in [1.165, 1.54) is 0 Å². The monoisotopic (exact) mass is 424 g/mol. The van der Waals surface area contributed by atoms with Gasteiger partial charge in [-0.05, 0) is 42.5 Å². The normalized spacial score (nSPS) is 12.2. The second-order valence-corrected chi connectivity index (χ2v) is 6.72. The first-order chi connectivity index (χ1) is 15.0. The zero-order valence-corrected chi connectivity index (χ0v) is 15.8. The van der Waals surface area contributed by atoms with Crippen molar-refractivity contribution in [1.29, 1.82) is 0 Å². The van der Waals surface area contributed by atoms with Crippen LogP contribution in [0.2, 0.25) is 0 Å². The number of hydrogen-bond acceptors (Lipinski definition) is 6. The van der Waals surface area contributed by atoms with Crippen molar-refractivity contribution in [2.75, 3.05) is 12.1 Å². The van der Waals surface area contributed by atoms with Gasteiger partial charge in [-0.3, -0.25) is 4.79 Å². The number of hydrogen-bond donors (Lipinski definition) is 1. The Bertz CT molecular complexity index is 1260. The molecule has 10 heteroatoms. The summed E-state index contributed by atoms with van der Waals surface area (Å²) in [5.41, 5.74) is 1.22. The third kappa shape index (κ3) is 3.82. The number of benzene rings is 2. The number of amides is 1. The Kier molecular flexibility index (Phi) is 4.58. The van der Waals surface area contributed by atoms with Gasteiger partial charge < -0.3 is 23.9 Å². The van der Waals surface area contributed by atoms with E-state index in [-0.39, 0.29) is 24.9 Å². The minimum Gasteiger partial charge on any atom is -0.454 e. The number of carbonyl (C=O) groups excluding carboxylic acids is 1. The van der Waals surface area contributed by atoms with E-state index in [9.17, 15) is 13.6 Å². The Balaban J connectivity index is 1.34. The van der Waals surface area contributed by atoms with Crippen LogP contribution >= 0.6 is 0 Å². The van der Waals surface area contributed by atoms with E-state index in [0.717, 1.165) is 18.2 Å². The lowest BCUT2D eigenvalue weighted by Crippen LogP contribution is -2.19. The van der Waals surface area contributed by atoms with E-state index in [4.69, 9.17) is 14.0 Å². The van der Waals surface area contributed by atoms with Crippen LogP contribution in [0.4, 0.5) is 14.5 Å². The molecule has 1 N–H and O–H groups in total. The standard InChI is InChI=1S/C21H14F2N4O4/c22-13-7-14(23)9-15(8-13)24-19(28)10-27-5-1-2-16(27)21-25-20(26-31-21)12-3-4-17-18(6-12)30-11-29-17/h1-9H,10-11H2,(H,24,28). The van der Waals surface area contributed by atoms with Gasteiger partial charge in [0.15, 0.2) is 11.5 Å². The van der Waals surface area contributed by atoms with E-state index in [1.807, 2.05) is 0 Å². The minimum absolute atomic E-state index is 0.0269. The van der Waals surface area contributed by atoms with E-state index in [1.54, 1.807) is 41.1 Å². The summed E-state index contributed by atoms with van der Waals surface area (Å²) in [6.45, 7) is 0.0380. The van der Waals surface area contributed by atoms with Gasteiger partial charge in [-0.2, -0.15) is 4.98 Å². The molecule has 156 valence electrons. The van der Waals surface area contributed by atoms with Crippen molar-refractivity contribution in [1.82, 2.24) is 14.7 Å². The average Bonchev–Trinajstić information content (AvgIpc) is 3.46. The van der Waals surface area contributed by atoms with Crippen LogP contribution in [0.15, 0.2) is 59.3 Å². The Hall–Kier alpha value is -4.21. The summed E-state index contributed by atoms with van der Waals surface area (Å²) in [5, 5.41) is 6.46. The maximum Gasteiger partial charge on any atom is 0.274 e. The van der Waals surface area contributed by atoms with Crippen molar-refractivity contribution in [2.45, 2.75) is 6.54 Å². The van der Waals surface area contributed by atoms with Gasteiger partial charge in [-0.25, -0.2) is 8.78 Å². The van der Waals surface area contributed by atoms with Crippen LogP contribution in [-0.4, -0.2) is 27.4 Å². The van der Waals surface area contributed by atoms with E-state index < -0.39 is 17.5 Å². The van der Waals surface area contributed by atoms with Gasteiger partial charge in [0.2, 0.25) is 18.5 Å². The van der Waals surface area contributed by atoms with Crippen molar-refractivity contribution in [3.63, 3.8) is 0 Å². The maximum atomic E-state index is 13.3. The molecular formula is C21H14F2N4O4. The number of nitrogens with one attached hydrogen (secondary N) is 1. The number of fused-ring (bicyclic) bond motifs is 1. The quantitative estimate of drug-likeness (QED) is 0.523. The van der Waals surface area contributed by atoms with Gasteiger partial charge in [0.1, 0.15) is 23.9 Å². The van der Waals surface area contributed by atoms with E-state index in [2.05, 4.69) is 15.5 Å². The SMILES string of the molecule is O=C(Cn1cccc1-c1nc(-c2ccc3c(c2)OCO3)no1)Nc1cc(F)cc(F)c1. The van der Waals surface area contributed by atoms with Gasteiger partial charge in [-0.15, -0.1) is 0 Å². The number of carbonyl (C=O) groups is 1. The summed E-state index contributed by atoms with van der Waals surface area (Å²) in [6.07, 6.45) is 1.66. The zero-order valence-electron chi connectivity index (χ0n) is 15.8. The summed E-state index contributed by atoms with van der Waals surface area (Å²) in [4.78, 5) is 16.7. The lowest BCUT2D eigenvalue weighted by atomic mass is 10.2. The minimum atomic E-state index is -0.779. The van der Waals surface area contributed by atoms with Crippen LogP contribution < -0.4 is 14.8 Å².